The number of carbonyl (C=O) groups is 1. The molecule has 0 amide bonds. The van der Waals surface area contributed by atoms with Crippen LogP contribution in [-0.2, 0) is 11.3 Å². The van der Waals surface area contributed by atoms with E-state index in [1.54, 1.807) is 6.92 Å². The zero-order chi connectivity index (χ0) is 17.3. The molecule has 0 spiro atoms. The van der Waals surface area contributed by atoms with E-state index in [0.717, 1.165) is 12.1 Å². The highest BCUT2D eigenvalue weighted by Crippen LogP contribution is 2.35. The predicted octanol–water partition coefficient (Wildman–Crippen LogP) is 2.01. The van der Waals surface area contributed by atoms with Crippen molar-refractivity contribution >= 4 is 5.97 Å². The minimum Gasteiger partial charge on any atom is -0.477 e. The van der Waals surface area contributed by atoms with E-state index in [2.05, 4.69) is 5.10 Å². The second-order valence-corrected chi connectivity index (χ2v) is 5.42. The van der Waals surface area contributed by atoms with Crippen LogP contribution in [0.4, 0.5) is 8.78 Å². The zero-order valence-corrected chi connectivity index (χ0v) is 13.0. The summed E-state index contributed by atoms with van der Waals surface area (Å²) in [6.45, 7) is 2.21. The molecule has 1 N–H and O–H groups in total. The number of aromatic nitrogens is 2. The quantitative estimate of drug-likeness (QED) is 0.863. The molecular formula is C16H16F2N2O4. The lowest BCUT2D eigenvalue weighted by molar-refractivity contribution is 0.0513. The average Bonchev–Trinajstić information content (AvgIpc) is 2.93. The maximum atomic E-state index is 14.2. The number of rotatable bonds is 4. The third-order valence-corrected chi connectivity index (χ3v) is 3.72. The van der Waals surface area contributed by atoms with E-state index in [1.807, 2.05) is 0 Å². The van der Waals surface area contributed by atoms with Crippen molar-refractivity contribution in [2.24, 2.45) is 5.92 Å². The van der Waals surface area contributed by atoms with Crippen molar-refractivity contribution in [1.82, 2.24) is 9.78 Å². The number of halogens is 2. The van der Waals surface area contributed by atoms with Crippen LogP contribution in [0.15, 0.2) is 18.2 Å². The van der Waals surface area contributed by atoms with Gasteiger partial charge in [0.05, 0.1) is 26.4 Å². The standard InChI is InChI=1S/C16H16F2N2O4/c1-2-23-16(22)13-14(11-4-3-10(17)5-12(11)18)19-20-6-9(7-21)8-24-15(13)20/h3-5,9,21H,2,6-8H2,1H3. The molecule has 1 aromatic carbocycles. The fourth-order valence-corrected chi connectivity index (χ4v) is 2.58. The van der Waals surface area contributed by atoms with Crippen molar-refractivity contribution in [2.75, 3.05) is 19.8 Å². The first-order valence-corrected chi connectivity index (χ1v) is 7.52. The summed E-state index contributed by atoms with van der Waals surface area (Å²) in [7, 11) is 0. The van der Waals surface area contributed by atoms with Gasteiger partial charge in [-0.25, -0.2) is 18.3 Å². The fourth-order valence-electron chi connectivity index (χ4n) is 2.58. The minimum absolute atomic E-state index is 0.00116. The lowest BCUT2D eigenvalue weighted by atomic mass is 10.1. The van der Waals surface area contributed by atoms with Crippen molar-refractivity contribution < 1.29 is 28.2 Å². The summed E-state index contributed by atoms with van der Waals surface area (Å²) in [6, 6.07) is 3.02. The molecule has 1 aliphatic heterocycles. The molecule has 0 radical (unpaired) electrons. The monoisotopic (exact) mass is 338 g/mol. The molecule has 128 valence electrons. The molecule has 8 heteroatoms. The van der Waals surface area contributed by atoms with E-state index < -0.39 is 17.6 Å². The topological polar surface area (TPSA) is 73.6 Å². The Morgan fingerprint density at radius 2 is 2.29 bits per heavy atom. The third-order valence-electron chi connectivity index (χ3n) is 3.72. The highest BCUT2D eigenvalue weighted by molar-refractivity contribution is 5.99. The summed E-state index contributed by atoms with van der Waals surface area (Å²) in [5.41, 5.74) is 0.00351. The molecule has 24 heavy (non-hydrogen) atoms. The van der Waals surface area contributed by atoms with E-state index >= 15 is 0 Å². The molecule has 1 atom stereocenters. The molecule has 0 saturated heterocycles. The Bertz CT molecular complexity index is 776. The summed E-state index contributed by atoms with van der Waals surface area (Å²) in [5.74, 6) is -2.28. The molecule has 0 aliphatic carbocycles. The smallest absolute Gasteiger partial charge is 0.345 e. The number of carbonyl (C=O) groups excluding carboxylic acids is 1. The lowest BCUT2D eigenvalue weighted by Gasteiger charge is -2.22. The third kappa shape index (κ3) is 2.84. The van der Waals surface area contributed by atoms with Crippen LogP contribution in [0.25, 0.3) is 11.3 Å². The largest absolute Gasteiger partial charge is 0.477 e. The number of aliphatic hydroxyl groups is 1. The van der Waals surface area contributed by atoms with Crippen LogP contribution < -0.4 is 4.74 Å². The SMILES string of the molecule is CCOC(=O)c1c(-c2ccc(F)cc2F)nn2c1OCC(CO)C2. The van der Waals surface area contributed by atoms with Crippen LogP contribution in [-0.4, -0.2) is 40.7 Å². The maximum Gasteiger partial charge on any atom is 0.345 e. The Labute approximate surface area is 136 Å². The summed E-state index contributed by atoms with van der Waals surface area (Å²) in [6.07, 6.45) is 0. The number of nitrogens with zero attached hydrogens (tertiary/aromatic N) is 2. The fraction of sp³-hybridized carbons (Fsp3) is 0.375. The van der Waals surface area contributed by atoms with Gasteiger partial charge in [0, 0.05) is 17.5 Å². The van der Waals surface area contributed by atoms with E-state index in [1.165, 1.54) is 10.7 Å². The Kier molecular flexibility index (Phi) is 4.48. The molecule has 0 bridgehead atoms. The summed E-state index contributed by atoms with van der Waals surface area (Å²) in [5, 5.41) is 13.5. The number of fused-ring (bicyclic) bond motifs is 1. The van der Waals surface area contributed by atoms with Gasteiger partial charge in [0.1, 0.15) is 22.9 Å². The highest BCUT2D eigenvalue weighted by atomic mass is 19.1. The van der Waals surface area contributed by atoms with Crippen LogP contribution in [0.1, 0.15) is 17.3 Å². The molecule has 1 aliphatic rings. The van der Waals surface area contributed by atoms with Gasteiger partial charge in [-0.05, 0) is 19.1 Å². The molecule has 2 heterocycles. The molecular weight excluding hydrogens is 322 g/mol. The minimum atomic E-state index is -0.838. The van der Waals surface area contributed by atoms with E-state index in [9.17, 15) is 18.7 Å². The van der Waals surface area contributed by atoms with E-state index in [-0.39, 0.29) is 48.4 Å². The zero-order valence-electron chi connectivity index (χ0n) is 13.0. The number of benzene rings is 1. The summed E-state index contributed by atoms with van der Waals surface area (Å²) >= 11 is 0. The van der Waals surface area contributed by atoms with Crippen molar-refractivity contribution in [3.63, 3.8) is 0 Å². The van der Waals surface area contributed by atoms with Crippen molar-refractivity contribution in [1.29, 1.82) is 0 Å². The molecule has 1 unspecified atom stereocenters. The van der Waals surface area contributed by atoms with Crippen molar-refractivity contribution in [3.8, 4) is 17.1 Å². The molecule has 2 aromatic rings. The van der Waals surface area contributed by atoms with Gasteiger partial charge in [-0.3, -0.25) is 0 Å². The van der Waals surface area contributed by atoms with Gasteiger partial charge in [0.15, 0.2) is 0 Å². The van der Waals surface area contributed by atoms with Crippen molar-refractivity contribution in [2.45, 2.75) is 13.5 Å². The molecule has 6 nitrogen and oxygen atoms in total. The number of aliphatic hydroxyl groups excluding tert-OH is 1. The lowest BCUT2D eigenvalue weighted by Crippen LogP contribution is -2.28. The second kappa shape index (κ2) is 6.56. The Morgan fingerprint density at radius 1 is 1.50 bits per heavy atom. The Morgan fingerprint density at radius 3 is 2.96 bits per heavy atom. The normalized spacial score (nSPS) is 16.4. The first kappa shape index (κ1) is 16.4. The van der Waals surface area contributed by atoms with Gasteiger partial charge in [0.2, 0.25) is 5.88 Å². The highest BCUT2D eigenvalue weighted by Gasteiger charge is 2.32. The number of ether oxygens (including phenoxy) is 2. The van der Waals surface area contributed by atoms with Crippen LogP contribution in [0.3, 0.4) is 0 Å². The molecule has 0 fully saturated rings. The summed E-state index contributed by atoms with van der Waals surface area (Å²) in [4.78, 5) is 12.3. The van der Waals surface area contributed by atoms with Gasteiger partial charge in [0.25, 0.3) is 0 Å². The number of hydrogen-bond acceptors (Lipinski definition) is 5. The molecule has 3 rings (SSSR count). The number of hydrogen-bond donors (Lipinski definition) is 1. The molecule has 1 aromatic heterocycles. The first-order valence-electron chi connectivity index (χ1n) is 7.52. The van der Waals surface area contributed by atoms with Crippen LogP contribution in [0, 0.1) is 17.6 Å². The Hall–Kier alpha value is -2.48. The maximum absolute atomic E-state index is 14.2. The first-order chi connectivity index (χ1) is 11.5. The van der Waals surface area contributed by atoms with Gasteiger partial charge >= 0.3 is 5.97 Å². The second-order valence-electron chi connectivity index (χ2n) is 5.42. The van der Waals surface area contributed by atoms with Crippen LogP contribution >= 0.6 is 0 Å². The van der Waals surface area contributed by atoms with E-state index in [0.29, 0.717) is 6.54 Å². The van der Waals surface area contributed by atoms with Crippen LogP contribution in [0.5, 0.6) is 5.88 Å². The predicted molar refractivity (Wildman–Crippen MR) is 79.6 cm³/mol. The van der Waals surface area contributed by atoms with Gasteiger partial charge < -0.3 is 14.6 Å². The Balaban J connectivity index is 2.14. The van der Waals surface area contributed by atoms with Crippen molar-refractivity contribution in [3.05, 3.63) is 35.4 Å². The van der Waals surface area contributed by atoms with Gasteiger partial charge in [-0.2, -0.15) is 5.10 Å². The van der Waals surface area contributed by atoms with E-state index in [4.69, 9.17) is 9.47 Å². The average molecular weight is 338 g/mol. The summed E-state index contributed by atoms with van der Waals surface area (Å²) < 4.78 is 39.3. The van der Waals surface area contributed by atoms with Gasteiger partial charge in [-0.15, -0.1) is 0 Å². The van der Waals surface area contributed by atoms with Crippen LogP contribution in [0.2, 0.25) is 0 Å². The number of esters is 1. The van der Waals surface area contributed by atoms with Gasteiger partial charge in [-0.1, -0.05) is 0 Å². The molecule has 0 saturated carbocycles.